The third-order valence-electron chi connectivity index (χ3n) is 4.60. The Morgan fingerprint density at radius 3 is 2.06 bits per heavy atom. The van der Waals surface area contributed by atoms with Crippen molar-refractivity contribution in [3.05, 3.63) is 29.8 Å². The molecule has 1 rings (SSSR count). The van der Waals surface area contributed by atoms with Crippen molar-refractivity contribution < 1.29 is 34.2 Å². The van der Waals surface area contributed by atoms with Crippen LogP contribution < -0.4 is 27.4 Å². The van der Waals surface area contributed by atoms with Gasteiger partial charge in [0.15, 0.2) is 0 Å². The molecule has 0 aromatic heterocycles. The maximum absolute atomic E-state index is 12.8. The van der Waals surface area contributed by atoms with Gasteiger partial charge in [0.05, 0.1) is 6.04 Å². The molecule has 0 aliphatic rings. The Morgan fingerprint density at radius 2 is 1.55 bits per heavy atom. The van der Waals surface area contributed by atoms with Gasteiger partial charge in [0.1, 0.15) is 23.9 Å². The van der Waals surface area contributed by atoms with Crippen molar-refractivity contribution in [2.45, 2.75) is 50.4 Å². The van der Waals surface area contributed by atoms with E-state index in [0.717, 1.165) is 0 Å². The molecule has 33 heavy (non-hydrogen) atoms. The number of amides is 4. The van der Waals surface area contributed by atoms with Crippen LogP contribution in [0.4, 0.5) is 0 Å². The van der Waals surface area contributed by atoms with E-state index in [1.807, 2.05) is 0 Å². The van der Waals surface area contributed by atoms with Gasteiger partial charge in [-0.05, 0) is 31.0 Å². The van der Waals surface area contributed by atoms with Gasteiger partial charge in [-0.3, -0.25) is 19.2 Å². The normalized spacial score (nSPS) is 14.3. The minimum atomic E-state index is -1.28. The molecule has 1 aromatic rings. The molecule has 13 heteroatoms. The maximum Gasteiger partial charge on any atom is 0.327 e. The topological polar surface area (TPSA) is 214 Å². The number of nitrogens with one attached hydrogen (secondary N) is 3. The van der Waals surface area contributed by atoms with Gasteiger partial charge in [0, 0.05) is 18.6 Å². The van der Waals surface area contributed by atoms with Crippen molar-refractivity contribution in [3.8, 4) is 5.75 Å². The highest BCUT2D eigenvalue weighted by Crippen LogP contribution is 2.12. The standard InChI is InChI=1S/C20H29N5O7S/c1-10(17(28)25-15(9-33)20(31)32)23-19(30)14(8-11-2-4-12(26)5-3-11)24-18(29)13(21)6-7-16(22)27/h2-5,10,13-15,26,33H,6-9,21H2,1H3,(H2,22,27)(H,23,30)(H,24,29)(H,25,28)(H,31,32). The minimum Gasteiger partial charge on any atom is -0.508 e. The molecule has 0 spiro atoms. The first-order valence-corrected chi connectivity index (χ1v) is 10.6. The summed E-state index contributed by atoms with van der Waals surface area (Å²) < 4.78 is 0. The number of thiol groups is 1. The number of aliphatic carboxylic acids is 1. The Kier molecular flexibility index (Phi) is 11.2. The van der Waals surface area contributed by atoms with Crippen LogP contribution in [0.1, 0.15) is 25.3 Å². The first-order valence-electron chi connectivity index (χ1n) is 10.0. The molecule has 0 saturated carbocycles. The summed E-state index contributed by atoms with van der Waals surface area (Å²) in [6.07, 6.45) is -0.131. The van der Waals surface area contributed by atoms with Crippen molar-refractivity contribution >= 4 is 42.2 Å². The van der Waals surface area contributed by atoms with Gasteiger partial charge >= 0.3 is 5.97 Å². The molecule has 4 amide bonds. The van der Waals surface area contributed by atoms with Crippen LogP contribution in [0.3, 0.4) is 0 Å². The van der Waals surface area contributed by atoms with E-state index in [-0.39, 0.29) is 30.8 Å². The third kappa shape index (κ3) is 9.78. The summed E-state index contributed by atoms with van der Waals surface area (Å²) in [6.45, 7) is 1.35. The summed E-state index contributed by atoms with van der Waals surface area (Å²) >= 11 is 3.86. The second-order valence-electron chi connectivity index (χ2n) is 7.36. The van der Waals surface area contributed by atoms with Crippen molar-refractivity contribution in [3.63, 3.8) is 0 Å². The summed E-state index contributed by atoms with van der Waals surface area (Å²) in [5.41, 5.74) is 11.4. The van der Waals surface area contributed by atoms with E-state index in [2.05, 4.69) is 28.6 Å². The highest BCUT2D eigenvalue weighted by Gasteiger charge is 2.28. The molecule has 1 aromatic carbocycles. The SMILES string of the molecule is CC(NC(=O)C(Cc1ccc(O)cc1)NC(=O)C(N)CCC(N)=O)C(=O)NC(CS)C(=O)O. The van der Waals surface area contributed by atoms with Crippen molar-refractivity contribution in [2.75, 3.05) is 5.75 Å². The monoisotopic (exact) mass is 483 g/mol. The molecule has 0 heterocycles. The first kappa shape index (κ1) is 27.7. The van der Waals surface area contributed by atoms with E-state index in [0.29, 0.717) is 5.56 Å². The van der Waals surface area contributed by atoms with Crippen LogP contribution in [0.2, 0.25) is 0 Å². The molecule has 0 radical (unpaired) electrons. The lowest BCUT2D eigenvalue weighted by molar-refractivity contribution is -0.141. The number of aromatic hydroxyl groups is 1. The summed E-state index contributed by atoms with van der Waals surface area (Å²) in [5, 5.41) is 25.6. The number of rotatable bonds is 13. The van der Waals surface area contributed by atoms with Gasteiger partial charge in [-0.25, -0.2) is 4.79 Å². The van der Waals surface area contributed by atoms with Crippen LogP contribution in [-0.4, -0.2) is 69.7 Å². The van der Waals surface area contributed by atoms with E-state index >= 15 is 0 Å². The van der Waals surface area contributed by atoms with E-state index in [1.165, 1.54) is 19.1 Å². The molecular formula is C20H29N5O7S. The molecule has 4 unspecified atom stereocenters. The van der Waals surface area contributed by atoms with Crippen molar-refractivity contribution in [2.24, 2.45) is 11.5 Å². The van der Waals surface area contributed by atoms with Gasteiger partial charge in [0.2, 0.25) is 23.6 Å². The zero-order valence-electron chi connectivity index (χ0n) is 18.0. The average Bonchev–Trinajstić information content (AvgIpc) is 2.75. The number of carboxylic acid groups (broad SMARTS) is 1. The summed E-state index contributed by atoms with van der Waals surface area (Å²) in [4.78, 5) is 59.5. The number of primary amides is 1. The number of hydrogen-bond acceptors (Lipinski definition) is 8. The second kappa shape index (κ2) is 13.3. The van der Waals surface area contributed by atoms with Crippen LogP contribution in [-0.2, 0) is 30.4 Å². The molecule has 0 saturated heterocycles. The van der Waals surface area contributed by atoms with E-state index < -0.39 is 53.8 Å². The Balaban J connectivity index is 2.92. The van der Waals surface area contributed by atoms with Gasteiger partial charge in [-0.15, -0.1) is 0 Å². The lowest BCUT2D eigenvalue weighted by Gasteiger charge is -2.23. The number of hydrogen-bond donors (Lipinski definition) is 8. The van der Waals surface area contributed by atoms with Crippen LogP contribution in [0.15, 0.2) is 24.3 Å². The quantitative estimate of drug-likeness (QED) is 0.147. The Labute approximate surface area is 195 Å². The number of carboxylic acids is 1. The van der Waals surface area contributed by atoms with Crippen LogP contribution >= 0.6 is 12.6 Å². The number of benzene rings is 1. The zero-order chi connectivity index (χ0) is 25.1. The maximum atomic E-state index is 12.8. The van der Waals surface area contributed by atoms with Crippen molar-refractivity contribution in [1.29, 1.82) is 0 Å². The summed E-state index contributed by atoms with van der Waals surface area (Å²) in [5.74, 6) is -4.22. The molecule has 0 aliphatic carbocycles. The molecule has 0 fully saturated rings. The predicted octanol–water partition coefficient (Wildman–Crippen LogP) is -1.98. The number of phenols is 1. The van der Waals surface area contributed by atoms with Gasteiger partial charge < -0.3 is 37.6 Å². The number of nitrogens with two attached hydrogens (primary N) is 2. The zero-order valence-corrected chi connectivity index (χ0v) is 18.9. The minimum absolute atomic E-state index is 0.00310. The molecule has 4 atom stereocenters. The molecular weight excluding hydrogens is 454 g/mol. The third-order valence-corrected chi connectivity index (χ3v) is 4.96. The number of carbonyl (C=O) groups is 5. The van der Waals surface area contributed by atoms with E-state index in [4.69, 9.17) is 16.6 Å². The summed E-state index contributed by atoms with van der Waals surface area (Å²) in [6, 6.07) is 1.30. The second-order valence-corrected chi connectivity index (χ2v) is 7.72. The van der Waals surface area contributed by atoms with Crippen LogP contribution in [0.25, 0.3) is 0 Å². The molecule has 182 valence electrons. The van der Waals surface area contributed by atoms with Gasteiger partial charge in [-0.2, -0.15) is 12.6 Å². The average molecular weight is 484 g/mol. The Morgan fingerprint density at radius 1 is 0.970 bits per heavy atom. The largest absolute Gasteiger partial charge is 0.508 e. The van der Waals surface area contributed by atoms with Gasteiger partial charge in [-0.1, -0.05) is 12.1 Å². The van der Waals surface area contributed by atoms with Crippen LogP contribution in [0.5, 0.6) is 5.75 Å². The fourth-order valence-electron chi connectivity index (χ4n) is 2.65. The molecule has 12 nitrogen and oxygen atoms in total. The first-order chi connectivity index (χ1) is 15.4. The fraction of sp³-hybridized carbons (Fsp3) is 0.450. The highest BCUT2D eigenvalue weighted by molar-refractivity contribution is 7.80. The Bertz CT molecular complexity index is 865. The number of carbonyl (C=O) groups excluding carboxylic acids is 4. The predicted molar refractivity (Wildman–Crippen MR) is 121 cm³/mol. The lowest BCUT2D eigenvalue weighted by Crippen LogP contribution is -2.57. The summed E-state index contributed by atoms with van der Waals surface area (Å²) in [7, 11) is 0. The lowest BCUT2D eigenvalue weighted by atomic mass is 10.0. The molecule has 9 N–H and O–H groups in total. The van der Waals surface area contributed by atoms with E-state index in [9.17, 15) is 29.1 Å². The molecule has 0 bridgehead atoms. The van der Waals surface area contributed by atoms with E-state index in [1.54, 1.807) is 12.1 Å². The van der Waals surface area contributed by atoms with Crippen molar-refractivity contribution in [1.82, 2.24) is 16.0 Å². The fourth-order valence-corrected chi connectivity index (χ4v) is 2.89. The van der Waals surface area contributed by atoms with Crippen LogP contribution in [0, 0.1) is 0 Å². The Hall–Kier alpha value is -3.32. The smallest absolute Gasteiger partial charge is 0.327 e. The number of phenolic OH excluding ortho intramolecular Hbond substituents is 1. The highest BCUT2D eigenvalue weighted by atomic mass is 32.1. The molecule has 0 aliphatic heterocycles. The van der Waals surface area contributed by atoms with Gasteiger partial charge in [0.25, 0.3) is 0 Å².